The van der Waals surface area contributed by atoms with Gasteiger partial charge in [0.05, 0.1) is 27.2 Å². The summed E-state index contributed by atoms with van der Waals surface area (Å²) in [5.74, 6) is -1.59. The van der Waals surface area contributed by atoms with Crippen molar-refractivity contribution >= 4 is 39.3 Å². The highest BCUT2D eigenvalue weighted by molar-refractivity contribution is 7.16. The number of carbonyl (C=O) groups excluding carboxylic acids is 3. The minimum atomic E-state index is -0.554. The number of hydrogen-bond donors (Lipinski definition) is 1. The van der Waals surface area contributed by atoms with Crippen molar-refractivity contribution in [3.8, 4) is 0 Å². The van der Waals surface area contributed by atoms with Crippen molar-refractivity contribution < 1.29 is 19.1 Å². The molecule has 0 unspecified atom stereocenters. The third-order valence-corrected chi connectivity index (χ3v) is 4.86. The highest BCUT2D eigenvalue weighted by Gasteiger charge is 2.27. The molecule has 0 bridgehead atoms. The predicted molar refractivity (Wildman–Crippen MR) is 88.4 cm³/mol. The van der Waals surface area contributed by atoms with Gasteiger partial charge in [0.1, 0.15) is 0 Å². The van der Waals surface area contributed by atoms with E-state index in [1.165, 1.54) is 16.2 Å². The number of hydrogen-bond acceptors (Lipinski definition) is 6. The highest BCUT2D eigenvalue weighted by Crippen LogP contribution is 2.20. The Kier molecular flexibility index (Phi) is 4.75. The summed E-state index contributed by atoms with van der Waals surface area (Å²) in [5, 5.41) is 0. The molecule has 1 aliphatic rings. The van der Waals surface area contributed by atoms with E-state index in [9.17, 15) is 14.4 Å². The van der Waals surface area contributed by atoms with Gasteiger partial charge in [-0.3, -0.25) is 9.59 Å². The number of thiazole rings is 1. The van der Waals surface area contributed by atoms with Crippen LogP contribution in [-0.4, -0.2) is 47.4 Å². The maximum atomic E-state index is 12.2. The molecule has 2 heterocycles. The summed E-state index contributed by atoms with van der Waals surface area (Å²) < 4.78 is 5.99. The number of benzene rings is 1. The van der Waals surface area contributed by atoms with Crippen molar-refractivity contribution in [3.63, 3.8) is 0 Å². The molecule has 1 aromatic heterocycles. The number of primary amides is 1. The molecule has 0 spiro atoms. The largest absolute Gasteiger partial charge is 0.452 e. The van der Waals surface area contributed by atoms with Crippen LogP contribution in [0.15, 0.2) is 23.7 Å². The number of ether oxygens (including phenoxy) is 1. The molecule has 0 aliphatic carbocycles. The maximum absolute atomic E-state index is 12.2. The third-order valence-electron chi connectivity index (χ3n) is 4.07. The van der Waals surface area contributed by atoms with Crippen LogP contribution in [0, 0.1) is 5.92 Å². The van der Waals surface area contributed by atoms with Gasteiger partial charge in [0.2, 0.25) is 5.91 Å². The SMILES string of the molecule is NC(=O)[C@H]1CCCN(C(=O)COC(=O)c2ccc3ncsc3c2)C1. The van der Waals surface area contributed by atoms with Crippen LogP contribution < -0.4 is 5.73 Å². The lowest BCUT2D eigenvalue weighted by Gasteiger charge is -2.31. The molecule has 0 saturated carbocycles. The van der Waals surface area contributed by atoms with Crippen LogP contribution in [0.25, 0.3) is 10.2 Å². The first-order chi connectivity index (χ1) is 11.5. The molecule has 24 heavy (non-hydrogen) atoms. The van der Waals surface area contributed by atoms with E-state index >= 15 is 0 Å². The molecule has 1 aromatic carbocycles. The average molecular weight is 347 g/mol. The van der Waals surface area contributed by atoms with Crippen molar-refractivity contribution in [2.24, 2.45) is 11.7 Å². The van der Waals surface area contributed by atoms with Crippen molar-refractivity contribution in [1.29, 1.82) is 0 Å². The Hall–Kier alpha value is -2.48. The molecular formula is C16H17N3O4S. The average Bonchev–Trinajstić information content (AvgIpc) is 3.07. The Labute approximate surface area is 142 Å². The first kappa shape index (κ1) is 16.4. The second-order valence-corrected chi connectivity index (χ2v) is 6.58. The summed E-state index contributed by atoms with van der Waals surface area (Å²) in [6.45, 7) is 0.497. The van der Waals surface area contributed by atoms with Crippen LogP contribution in [0.4, 0.5) is 0 Å². The van der Waals surface area contributed by atoms with Gasteiger partial charge < -0.3 is 15.4 Å². The minimum absolute atomic E-state index is 0.290. The first-order valence-corrected chi connectivity index (χ1v) is 8.50. The molecule has 1 fully saturated rings. The fourth-order valence-electron chi connectivity index (χ4n) is 2.72. The number of nitrogens with zero attached hydrogens (tertiary/aromatic N) is 2. The smallest absolute Gasteiger partial charge is 0.338 e. The Bertz CT molecular complexity index is 788. The van der Waals surface area contributed by atoms with Crippen molar-refractivity contribution in [2.75, 3.05) is 19.7 Å². The lowest BCUT2D eigenvalue weighted by Crippen LogP contribution is -2.45. The standard InChI is InChI=1S/C16H17N3O4S/c17-15(21)11-2-1-5-19(7-11)14(20)8-23-16(22)10-3-4-12-13(6-10)24-9-18-12/h3-4,6,9,11H,1-2,5,7-8H2,(H2,17,21)/t11-/m0/s1. The molecular weight excluding hydrogens is 330 g/mol. The minimum Gasteiger partial charge on any atom is -0.452 e. The normalized spacial score (nSPS) is 17.7. The quantitative estimate of drug-likeness (QED) is 0.837. The molecule has 0 radical (unpaired) electrons. The number of amides is 2. The lowest BCUT2D eigenvalue weighted by atomic mass is 9.97. The van der Waals surface area contributed by atoms with Crippen LogP contribution in [0.5, 0.6) is 0 Å². The second kappa shape index (κ2) is 6.96. The number of likely N-dealkylation sites (tertiary alicyclic amines) is 1. The van der Waals surface area contributed by atoms with Gasteiger partial charge in [-0.05, 0) is 31.0 Å². The van der Waals surface area contributed by atoms with E-state index in [0.29, 0.717) is 25.1 Å². The number of aromatic nitrogens is 1. The van der Waals surface area contributed by atoms with Gasteiger partial charge in [0.25, 0.3) is 5.91 Å². The Morgan fingerprint density at radius 2 is 2.21 bits per heavy atom. The summed E-state index contributed by atoms with van der Waals surface area (Å²) in [6, 6.07) is 5.06. The van der Waals surface area contributed by atoms with Gasteiger partial charge in [-0.25, -0.2) is 9.78 Å². The molecule has 2 N–H and O–H groups in total. The fraction of sp³-hybridized carbons (Fsp3) is 0.375. The van der Waals surface area contributed by atoms with Crippen LogP contribution >= 0.6 is 11.3 Å². The summed E-state index contributed by atoms with van der Waals surface area (Å²) in [7, 11) is 0. The van der Waals surface area contributed by atoms with E-state index in [1.54, 1.807) is 23.7 Å². The Morgan fingerprint density at radius 1 is 1.38 bits per heavy atom. The highest BCUT2D eigenvalue weighted by atomic mass is 32.1. The monoisotopic (exact) mass is 347 g/mol. The van der Waals surface area contributed by atoms with Gasteiger partial charge in [-0.1, -0.05) is 0 Å². The number of nitrogens with two attached hydrogens (primary N) is 1. The Balaban J connectivity index is 1.57. The molecule has 7 nitrogen and oxygen atoms in total. The van der Waals surface area contributed by atoms with Gasteiger partial charge in [-0.15, -0.1) is 11.3 Å². The van der Waals surface area contributed by atoms with E-state index in [0.717, 1.165) is 16.6 Å². The molecule has 1 aliphatic heterocycles. The van der Waals surface area contributed by atoms with E-state index in [1.807, 2.05) is 0 Å². The third kappa shape index (κ3) is 3.53. The summed E-state index contributed by atoms with van der Waals surface area (Å²) >= 11 is 1.43. The van der Waals surface area contributed by atoms with Crippen LogP contribution in [0.2, 0.25) is 0 Å². The molecule has 2 aromatic rings. The van der Waals surface area contributed by atoms with Gasteiger partial charge in [0, 0.05) is 13.1 Å². The lowest BCUT2D eigenvalue weighted by molar-refractivity contribution is -0.137. The summed E-state index contributed by atoms with van der Waals surface area (Å²) in [4.78, 5) is 41.2. The summed E-state index contributed by atoms with van der Waals surface area (Å²) in [6.07, 6.45) is 1.41. The van der Waals surface area contributed by atoms with Crippen molar-refractivity contribution in [1.82, 2.24) is 9.88 Å². The summed E-state index contributed by atoms with van der Waals surface area (Å²) in [5.41, 5.74) is 8.20. The number of piperidine rings is 1. The number of fused-ring (bicyclic) bond motifs is 1. The van der Waals surface area contributed by atoms with E-state index in [4.69, 9.17) is 10.5 Å². The molecule has 1 saturated heterocycles. The van der Waals surface area contributed by atoms with Gasteiger partial charge in [0.15, 0.2) is 6.61 Å². The number of esters is 1. The zero-order valence-corrected chi connectivity index (χ0v) is 13.8. The van der Waals surface area contributed by atoms with Crippen LogP contribution in [0.3, 0.4) is 0 Å². The zero-order valence-electron chi connectivity index (χ0n) is 12.9. The number of carbonyl (C=O) groups is 3. The predicted octanol–water partition coefficient (Wildman–Crippen LogP) is 1.18. The number of rotatable bonds is 4. The van der Waals surface area contributed by atoms with Crippen molar-refractivity contribution in [3.05, 3.63) is 29.3 Å². The molecule has 126 valence electrons. The molecule has 3 rings (SSSR count). The van der Waals surface area contributed by atoms with E-state index < -0.39 is 11.9 Å². The van der Waals surface area contributed by atoms with Crippen LogP contribution in [-0.2, 0) is 14.3 Å². The second-order valence-electron chi connectivity index (χ2n) is 5.69. The first-order valence-electron chi connectivity index (χ1n) is 7.62. The topological polar surface area (TPSA) is 103 Å². The molecule has 1 atom stereocenters. The fourth-order valence-corrected chi connectivity index (χ4v) is 3.44. The van der Waals surface area contributed by atoms with Gasteiger partial charge >= 0.3 is 5.97 Å². The van der Waals surface area contributed by atoms with Gasteiger partial charge in [-0.2, -0.15) is 0 Å². The van der Waals surface area contributed by atoms with Crippen LogP contribution in [0.1, 0.15) is 23.2 Å². The van der Waals surface area contributed by atoms with Crippen molar-refractivity contribution in [2.45, 2.75) is 12.8 Å². The molecule has 8 heteroatoms. The van der Waals surface area contributed by atoms with E-state index in [2.05, 4.69) is 4.98 Å². The molecule has 2 amide bonds. The maximum Gasteiger partial charge on any atom is 0.338 e. The van der Waals surface area contributed by atoms with E-state index in [-0.39, 0.29) is 18.4 Å². The Morgan fingerprint density at radius 3 is 3.00 bits per heavy atom. The zero-order chi connectivity index (χ0) is 17.1.